The Balaban J connectivity index is 2.32. The minimum Gasteiger partial charge on any atom is -0.379 e. The van der Waals surface area contributed by atoms with Crippen molar-refractivity contribution in [1.82, 2.24) is 9.13 Å². The number of benzene rings is 1. The van der Waals surface area contributed by atoms with Crippen LogP contribution in [0.2, 0.25) is 5.02 Å². The largest absolute Gasteiger partial charge is 0.379 e. The minimum atomic E-state index is -0.381. The number of rotatable bonds is 3. The molecule has 0 amide bonds. The molecule has 1 heterocycles. The Kier molecular flexibility index (Phi) is 4.15. The van der Waals surface area contributed by atoms with E-state index in [0.717, 1.165) is 4.57 Å². The molecule has 1 N–H and O–H groups in total. The first-order valence-electron chi connectivity index (χ1n) is 6.13. The lowest BCUT2D eigenvalue weighted by atomic mass is 10.2. The van der Waals surface area contributed by atoms with Gasteiger partial charge >= 0.3 is 5.69 Å². The molecule has 0 spiro atoms. The number of halogens is 1. The molecule has 1 aromatic heterocycles. The van der Waals surface area contributed by atoms with Gasteiger partial charge in [0.1, 0.15) is 0 Å². The van der Waals surface area contributed by atoms with Gasteiger partial charge in [0.15, 0.2) is 0 Å². The number of nitriles is 1. The van der Waals surface area contributed by atoms with Crippen LogP contribution < -0.4 is 16.6 Å². The number of nitrogens with one attached hydrogen (secondary N) is 1. The summed E-state index contributed by atoms with van der Waals surface area (Å²) in [5, 5.41) is 12.3. The summed E-state index contributed by atoms with van der Waals surface area (Å²) in [6, 6.07) is 6.85. The van der Waals surface area contributed by atoms with Gasteiger partial charge in [-0.3, -0.25) is 9.36 Å². The third-order valence-corrected chi connectivity index (χ3v) is 3.41. The Morgan fingerprint density at radius 2 is 2.05 bits per heavy atom. The van der Waals surface area contributed by atoms with Crippen LogP contribution in [0.1, 0.15) is 11.1 Å². The van der Waals surface area contributed by atoms with E-state index in [0.29, 0.717) is 21.8 Å². The van der Waals surface area contributed by atoms with Crippen LogP contribution in [-0.4, -0.2) is 9.13 Å². The van der Waals surface area contributed by atoms with Crippen LogP contribution in [-0.2, 0) is 20.6 Å². The molecule has 21 heavy (non-hydrogen) atoms. The third kappa shape index (κ3) is 2.98. The fraction of sp³-hybridized carbons (Fsp3) is 0.214. The van der Waals surface area contributed by atoms with Crippen molar-refractivity contribution < 1.29 is 0 Å². The number of aromatic nitrogens is 2. The van der Waals surface area contributed by atoms with Crippen LogP contribution >= 0.6 is 11.6 Å². The van der Waals surface area contributed by atoms with E-state index in [9.17, 15) is 9.59 Å². The number of nitrogens with zero attached hydrogens (tertiary/aromatic N) is 3. The fourth-order valence-corrected chi connectivity index (χ4v) is 2.11. The van der Waals surface area contributed by atoms with Crippen molar-refractivity contribution in [1.29, 1.82) is 5.26 Å². The van der Waals surface area contributed by atoms with Gasteiger partial charge in [-0.05, 0) is 18.2 Å². The summed E-state index contributed by atoms with van der Waals surface area (Å²) in [4.78, 5) is 23.6. The zero-order chi connectivity index (χ0) is 15.6. The fourth-order valence-electron chi connectivity index (χ4n) is 1.93. The molecular weight excluding hydrogens is 292 g/mol. The van der Waals surface area contributed by atoms with Crippen molar-refractivity contribution in [2.45, 2.75) is 6.54 Å². The normalized spacial score (nSPS) is 10.2. The van der Waals surface area contributed by atoms with E-state index < -0.39 is 0 Å². The monoisotopic (exact) mass is 304 g/mol. The van der Waals surface area contributed by atoms with Gasteiger partial charge in [0.05, 0.1) is 27.9 Å². The predicted molar refractivity (Wildman–Crippen MR) is 80.4 cm³/mol. The second kappa shape index (κ2) is 5.85. The predicted octanol–water partition coefficient (Wildman–Crippen LogP) is 1.22. The van der Waals surface area contributed by atoms with Gasteiger partial charge in [-0.1, -0.05) is 11.6 Å². The molecule has 7 heteroatoms. The molecule has 0 aliphatic rings. The topological polar surface area (TPSA) is 79.8 Å². The van der Waals surface area contributed by atoms with Gasteiger partial charge in [-0.2, -0.15) is 5.26 Å². The quantitative estimate of drug-likeness (QED) is 0.924. The molecule has 0 saturated carbocycles. The van der Waals surface area contributed by atoms with E-state index in [-0.39, 0.29) is 17.8 Å². The Bertz CT molecular complexity index is 846. The van der Waals surface area contributed by atoms with Crippen molar-refractivity contribution in [2.75, 3.05) is 5.32 Å². The van der Waals surface area contributed by atoms with E-state index in [2.05, 4.69) is 5.32 Å². The van der Waals surface area contributed by atoms with Crippen LogP contribution in [0, 0.1) is 11.3 Å². The first-order valence-corrected chi connectivity index (χ1v) is 6.51. The number of aryl methyl sites for hydroxylation is 1. The molecule has 0 aliphatic heterocycles. The van der Waals surface area contributed by atoms with Crippen molar-refractivity contribution in [3.63, 3.8) is 0 Å². The maximum absolute atomic E-state index is 12.0. The maximum atomic E-state index is 12.0. The summed E-state index contributed by atoms with van der Waals surface area (Å²) in [6.07, 6.45) is 1.49. The van der Waals surface area contributed by atoms with Crippen molar-refractivity contribution in [3.8, 4) is 6.07 Å². The molecule has 0 unspecified atom stereocenters. The highest BCUT2D eigenvalue weighted by atomic mass is 35.5. The third-order valence-electron chi connectivity index (χ3n) is 3.08. The van der Waals surface area contributed by atoms with Crippen molar-refractivity contribution in [2.24, 2.45) is 14.1 Å². The highest BCUT2D eigenvalue weighted by Crippen LogP contribution is 2.23. The lowest BCUT2D eigenvalue weighted by Crippen LogP contribution is -2.38. The van der Waals surface area contributed by atoms with Gasteiger partial charge < -0.3 is 9.88 Å². The molecule has 0 radical (unpaired) electrons. The maximum Gasteiger partial charge on any atom is 0.330 e. The first-order chi connectivity index (χ1) is 9.93. The van der Waals surface area contributed by atoms with Crippen LogP contribution in [0.15, 0.2) is 34.0 Å². The smallest absolute Gasteiger partial charge is 0.330 e. The van der Waals surface area contributed by atoms with Gasteiger partial charge in [0.2, 0.25) is 0 Å². The van der Waals surface area contributed by atoms with Crippen molar-refractivity contribution >= 4 is 17.3 Å². The number of hydrogen-bond acceptors (Lipinski definition) is 4. The minimum absolute atomic E-state index is 0.204. The van der Waals surface area contributed by atoms with E-state index in [1.807, 2.05) is 6.07 Å². The average Bonchev–Trinajstić information content (AvgIpc) is 2.49. The summed E-state index contributed by atoms with van der Waals surface area (Å²) in [7, 11) is 3.01. The Labute approximate surface area is 125 Å². The zero-order valence-corrected chi connectivity index (χ0v) is 12.3. The summed E-state index contributed by atoms with van der Waals surface area (Å²) in [5.41, 5.74) is 0.714. The summed E-state index contributed by atoms with van der Waals surface area (Å²) in [5.74, 6) is 0. The Hall–Kier alpha value is -2.52. The molecule has 0 bridgehead atoms. The highest BCUT2D eigenvalue weighted by Gasteiger charge is 2.08. The van der Waals surface area contributed by atoms with E-state index in [1.54, 1.807) is 25.2 Å². The van der Waals surface area contributed by atoms with Gasteiger partial charge in [-0.25, -0.2) is 4.79 Å². The summed E-state index contributed by atoms with van der Waals surface area (Å²) >= 11 is 6.04. The standard InChI is InChI=1S/C14H13ClN4O2/c1-18-8-10(13(20)19(2)14(18)21)7-17-12-5-9(6-16)3-4-11(12)15/h3-5,8,17H,7H2,1-2H3. The van der Waals surface area contributed by atoms with Crippen molar-refractivity contribution in [3.05, 3.63) is 61.4 Å². The van der Waals surface area contributed by atoms with Gasteiger partial charge in [0.25, 0.3) is 5.56 Å². The zero-order valence-electron chi connectivity index (χ0n) is 11.6. The molecule has 0 fully saturated rings. The molecule has 0 aliphatic carbocycles. The SMILES string of the molecule is Cn1cc(CNc2cc(C#N)ccc2Cl)c(=O)n(C)c1=O. The van der Waals surface area contributed by atoms with E-state index >= 15 is 0 Å². The Morgan fingerprint density at radius 3 is 2.71 bits per heavy atom. The van der Waals surface area contributed by atoms with E-state index in [4.69, 9.17) is 16.9 Å². The Morgan fingerprint density at radius 1 is 1.33 bits per heavy atom. The molecule has 1 aromatic carbocycles. The summed E-state index contributed by atoms with van der Waals surface area (Å²) in [6.45, 7) is 0.204. The summed E-state index contributed by atoms with van der Waals surface area (Å²) < 4.78 is 2.38. The second-order valence-corrected chi connectivity index (χ2v) is 4.98. The van der Waals surface area contributed by atoms with E-state index in [1.165, 1.54) is 17.8 Å². The molecule has 0 saturated heterocycles. The second-order valence-electron chi connectivity index (χ2n) is 4.57. The van der Waals surface area contributed by atoms with Crippen LogP contribution in [0.4, 0.5) is 5.69 Å². The molecular formula is C14H13ClN4O2. The van der Waals surface area contributed by atoms with Gasteiger partial charge in [-0.15, -0.1) is 0 Å². The average molecular weight is 305 g/mol. The van der Waals surface area contributed by atoms with Crippen LogP contribution in [0.5, 0.6) is 0 Å². The van der Waals surface area contributed by atoms with Crippen LogP contribution in [0.25, 0.3) is 0 Å². The highest BCUT2D eigenvalue weighted by molar-refractivity contribution is 6.33. The number of hydrogen-bond donors (Lipinski definition) is 1. The van der Waals surface area contributed by atoms with Crippen LogP contribution in [0.3, 0.4) is 0 Å². The molecule has 2 aromatic rings. The molecule has 2 rings (SSSR count). The number of anilines is 1. The van der Waals surface area contributed by atoms with Gasteiger partial charge in [0, 0.05) is 26.8 Å². The molecule has 108 valence electrons. The molecule has 0 atom stereocenters. The lowest BCUT2D eigenvalue weighted by molar-refractivity contribution is 0.671. The lowest BCUT2D eigenvalue weighted by Gasteiger charge is -2.10. The first kappa shape index (κ1) is 14.9. The molecule has 6 nitrogen and oxygen atoms in total.